The Hall–Kier alpha value is -0.810. The second-order valence-electron chi connectivity index (χ2n) is 6.36. The number of hydrogen-bond donors (Lipinski definition) is 2. The molecule has 2 atom stereocenters. The maximum absolute atomic E-state index is 12.1. The Balaban J connectivity index is 0.00000264. The topological polar surface area (TPSA) is 44.4 Å². The highest BCUT2D eigenvalue weighted by Gasteiger charge is 2.25. The van der Waals surface area contributed by atoms with Crippen LogP contribution in [0.4, 0.5) is 0 Å². The molecule has 24 heavy (non-hydrogen) atoms. The molecule has 1 heterocycles. The molecule has 1 aliphatic rings. The number of likely N-dealkylation sites (tertiary alicyclic amines) is 1. The lowest BCUT2D eigenvalue weighted by Gasteiger charge is -2.36. The Morgan fingerprint density at radius 3 is 2.29 bits per heavy atom. The van der Waals surface area contributed by atoms with Crippen molar-refractivity contribution >= 4 is 30.7 Å². The summed E-state index contributed by atoms with van der Waals surface area (Å²) in [6.07, 6.45) is 2.07. The maximum Gasteiger partial charge on any atom is 0.224 e. The first-order valence-corrected chi connectivity index (χ1v) is 8.35. The minimum absolute atomic E-state index is 0. The predicted octanol–water partition coefficient (Wildman–Crippen LogP) is 3.03. The van der Waals surface area contributed by atoms with Gasteiger partial charge in [-0.1, -0.05) is 37.3 Å². The Bertz CT molecular complexity index is 465. The zero-order chi connectivity index (χ0) is 15.9. The van der Waals surface area contributed by atoms with E-state index in [1.54, 1.807) is 0 Å². The van der Waals surface area contributed by atoms with E-state index in [-0.39, 0.29) is 36.6 Å². The highest BCUT2D eigenvalue weighted by molar-refractivity contribution is 5.85. The van der Waals surface area contributed by atoms with Crippen LogP contribution in [0, 0.1) is 5.92 Å². The average Bonchev–Trinajstić information content (AvgIpc) is 2.56. The molecule has 0 aliphatic carbocycles. The summed E-state index contributed by atoms with van der Waals surface area (Å²) >= 11 is 0. The first-order chi connectivity index (χ1) is 10.6. The Morgan fingerprint density at radius 1 is 1.17 bits per heavy atom. The van der Waals surface area contributed by atoms with Crippen molar-refractivity contribution in [1.29, 1.82) is 0 Å². The van der Waals surface area contributed by atoms with Crippen LogP contribution >= 0.6 is 24.8 Å². The molecular weight excluding hydrogens is 345 g/mol. The fraction of sp³-hybridized carbons (Fsp3) is 0.611. The lowest BCUT2D eigenvalue weighted by Crippen LogP contribution is -2.47. The summed E-state index contributed by atoms with van der Waals surface area (Å²) in [4.78, 5) is 14.6. The van der Waals surface area contributed by atoms with Gasteiger partial charge in [-0.25, -0.2) is 0 Å². The Labute approximate surface area is 158 Å². The molecule has 0 bridgehead atoms. The van der Waals surface area contributed by atoms with Crippen LogP contribution in [-0.2, 0) is 4.79 Å². The number of piperidine rings is 1. The van der Waals surface area contributed by atoms with E-state index in [2.05, 4.69) is 52.8 Å². The third-order valence-corrected chi connectivity index (χ3v) is 4.66. The standard InChI is InChI=1S/C18H29N3O.2ClH/c1-14(13-19-3)18(22)20-17-9-11-21(12-10-17)15(2)16-7-5-4-6-8-16;;/h4-8,14-15,17,19H,9-13H2,1-3H3,(H,20,22);2*1H. The van der Waals surface area contributed by atoms with Gasteiger partial charge >= 0.3 is 0 Å². The Morgan fingerprint density at radius 2 is 1.75 bits per heavy atom. The number of nitrogens with one attached hydrogen (secondary N) is 2. The van der Waals surface area contributed by atoms with Crippen LogP contribution in [0.3, 0.4) is 0 Å². The largest absolute Gasteiger partial charge is 0.353 e. The number of halogens is 2. The SMILES string of the molecule is CNCC(C)C(=O)NC1CCN(C(C)c2ccccc2)CC1.Cl.Cl. The molecule has 0 spiro atoms. The molecule has 1 amide bonds. The highest BCUT2D eigenvalue weighted by atomic mass is 35.5. The van der Waals surface area contributed by atoms with Crippen LogP contribution in [0.2, 0.25) is 0 Å². The molecule has 1 aliphatic heterocycles. The number of hydrogen-bond acceptors (Lipinski definition) is 3. The molecule has 138 valence electrons. The molecule has 0 radical (unpaired) electrons. The van der Waals surface area contributed by atoms with Crippen molar-refractivity contribution < 1.29 is 4.79 Å². The smallest absolute Gasteiger partial charge is 0.224 e. The lowest BCUT2D eigenvalue weighted by molar-refractivity contribution is -0.125. The molecule has 1 saturated heterocycles. The van der Waals surface area contributed by atoms with Gasteiger partial charge in [0.15, 0.2) is 0 Å². The van der Waals surface area contributed by atoms with Crippen LogP contribution in [0.5, 0.6) is 0 Å². The quantitative estimate of drug-likeness (QED) is 0.802. The number of nitrogens with zero attached hydrogens (tertiary/aromatic N) is 1. The number of carbonyl (C=O) groups excluding carboxylic acids is 1. The monoisotopic (exact) mass is 375 g/mol. The molecule has 2 rings (SSSR count). The molecule has 4 nitrogen and oxygen atoms in total. The van der Waals surface area contributed by atoms with Crippen molar-refractivity contribution in [1.82, 2.24) is 15.5 Å². The van der Waals surface area contributed by atoms with E-state index in [1.807, 2.05) is 14.0 Å². The number of carbonyl (C=O) groups is 1. The van der Waals surface area contributed by atoms with Gasteiger partial charge in [0.25, 0.3) is 0 Å². The molecule has 2 unspecified atom stereocenters. The molecule has 1 fully saturated rings. The lowest BCUT2D eigenvalue weighted by atomic mass is 9.99. The van der Waals surface area contributed by atoms with Crippen LogP contribution in [0.15, 0.2) is 30.3 Å². The van der Waals surface area contributed by atoms with E-state index in [0.29, 0.717) is 12.1 Å². The van der Waals surface area contributed by atoms with Gasteiger partial charge in [-0.05, 0) is 32.4 Å². The van der Waals surface area contributed by atoms with Crippen LogP contribution in [-0.4, -0.2) is 43.5 Å². The van der Waals surface area contributed by atoms with Crippen molar-refractivity contribution in [3.8, 4) is 0 Å². The van der Waals surface area contributed by atoms with E-state index >= 15 is 0 Å². The summed E-state index contributed by atoms with van der Waals surface area (Å²) in [7, 11) is 1.88. The van der Waals surface area contributed by atoms with Gasteiger partial charge in [-0.15, -0.1) is 24.8 Å². The summed E-state index contributed by atoms with van der Waals surface area (Å²) in [5.74, 6) is 0.204. The fourth-order valence-corrected chi connectivity index (χ4v) is 3.12. The minimum Gasteiger partial charge on any atom is -0.353 e. The van der Waals surface area contributed by atoms with Crippen molar-refractivity contribution in [2.75, 3.05) is 26.7 Å². The highest BCUT2D eigenvalue weighted by Crippen LogP contribution is 2.24. The van der Waals surface area contributed by atoms with Gasteiger partial charge in [-0.2, -0.15) is 0 Å². The summed E-state index contributed by atoms with van der Waals surface area (Å²) in [6.45, 7) is 7.06. The second kappa shape index (κ2) is 11.7. The molecule has 0 saturated carbocycles. The first-order valence-electron chi connectivity index (χ1n) is 8.35. The fourth-order valence-electron chi connectivity index (χ4n) is 3.12. The van der Waals surface area contributed by atoms with Gasteiger partial charge in [0, 0.05) is 37.6 Å². The van der Waals surface area contributed by atoms with Gasteiger partial charge in [0.1, 0.15) is 0 Å². The normalized spacial score (nSPS) is 18.0. The van der Waals surface area contributed by atoms with Crippen LogP contribution in [0.1, 0.15) is 38.3 Å². The zero-order valence-electron chi connectivity index (χ0n) is 14.8. The second-order valence-corrected chi connectivity index (χ2v) is 6.36. The molecule has 6 heteroatoms. The maximum atomic E-state index is 12.1. The first kappa shape index (κ1) is 23.2. The van der Waals surface area contributed by atoms with Crippen LogP contribution in [0.25, 0.3) is 0 Å². The van der Waals surface area contributed by atoms with E-state index in [1.165, 1.54) is 5.56 Å². The summed E-state index contributed by atoms with van der Waals surface area (Å²) < 4.78 is 0. The van der Waals surface area contributed by atoms with E-state index < -0.39 is 0 Å². The van der Waals surface area contributed by atoms with Crippen LogP contribution < -0.4 is 10.6 Å². The summed E-state index contributed by atoms with van der Waals surface area (Å²) in [5.41, 5.74) is 1.37. The van der Waals surface area contributed by atoms with Crippen molar-refractivity contribution in [3.63, 3.8) is 0 Å². The molecule has 2 N–H and O–H groups in total. The summed E-state index contributed by atoms with van der Waals surface area (Å²) in [6, 6.07) is 11.4. The van der Waals surface area contributed by atoms with Gasteiger partial charge in [0.2, 0.25) is 5.91 Å². The van der Waals surface area contributed by atoms with Gasteiger partial charge in [-0.3, -0.25) is 9.69 Å². The van der Waals surface area contributed by atoms with E-state index in [0.717, 1.165) is 32.5 Å². The predicted molar refractivity (Wildman–Crippen MR) is 105 cm³/mol. The third-order valence-electron chi connectivity index (χ3n) is 4.66. The number of benzene rings is 1. The zero-order valence-corrected chi connectivity index (χ0v) is 16.5. The minimum atomic E-state index is 0. The van der Waals surface area contributed by atoms with E-state index in [4.69, 9.17) is 0 Å². The molecule has 1 aromatic carbocycles. The summed E-state index contributed by atoms with van der Waals surface area (Å²) in [5, 5.41) is 6.25. The van der Waals surface area contributed by atoms with Crippen molar-refractivity contribution in [2.24, 2.45) is 5.92 Å². The third kappa shape index (κ3) is 6.60. The molecule has 1 aromatic rings. The van der Waals surface area contributed by atoms with Gasteiger partial charge < -0.3 is 10.6 Å². The number of rotatable bonds is 6. The number of amides is 1. The van der Waals surface area contributed by atoms with Gasteiger partial charge in [0.05, 0.1) is 0 Å². The van der Waals surface area contributed by atoms with Crippen molar-refractivity contribution in [2.45, 2.75) is 38.8 Å². The van der Waals surface area contributed by atoms with Crippen molar-refractivity contribution in [3.05, 3.63) is 35.9 Å². The van der Waals surface area contributed by atoms with E-state index in [9.17, 15) is 4.79 Å². The average molecular weight is 376 g/mol. The molecular formula is C18H31Cl2N3O. The molecule has 0 aromatic heterocycles. The Kier molecular flexibility index (Phi) is 11.3.